The number of nitrogens with zero attached hydrogens (tertiary/aromatic N) is 1. The zero-order valence-corrected chi connectivity index (χ0v) is 14.5. The number of hydrogen-bond acceptors (Lipinski definition) is 6. The van der Waals surface area contributed by atoms with Crippen LogP contribution < -0.4 is 5.32 Å². The first-order valence-electron chi connectivity index (χ1n) is 8.17. The molecule has 0 fully saturated rings. The minimum absolute atomic E-state index is 0.0264. The van der Waals surface area contributed by atoms with Crippen LogP contribution in [0.5, 0.6) is 0 Å². The largest absolute Gasteiger partial charge is 0.444 e. The molecule has 24 heavy (non-hydrogen) atoms. The molecule has 2 aliphatic heterocycles. The highest BCUT2D eigenvalue weighted by Gasteiger charge is 2.33. The number of rotatable bonds is 2. The number of aromatic nitrogens is 1. The van der Waals surface area contributed by atoms with E-state index >= 15 is 0 Å². The minimum atomic E-state index is -0.581. The maximum atomic E-state index is 12.1. The number of ether oxygens (including phenoxy) is 3. The smallest absolute Gasteiger partial charge is 0.413 e. The van der Waals surface area contributed by atoms with Gasteiger partial charge in [0.2, 0.25) is 0 Å². The Morgan fingerprint density at radius 1 is 1.33 bits per heavy atom. The van der Waals surface area contributed by atoms with E-state index in [1.54, 1.807) is 0 Å². The van der Waals surface area contributed by atoms with Crippen molar-refractivity contribution in [3.63, 3.8) is 0 Å². The molecule has 0 radical (unpaired) electrons. The number of hydrogen-bond donors (Lipinski definition) is 2. The normalized spacial score (nSPS) is 22.7. The highest BCUT2D eigenvalue weighted by Crippen LogP contribution is 2.40. The lowest BCUT2D eigenvalue weighted by Gasteiger charge is -2.27. The monoisotopic (exact) mass is 336 g/mol. The van der Waals surface area contributed by atoms with Crippen molar-refractivity contribution in [3.8, 4) is 0 Å². The van der Waals surface area contributed by atoms with Gasteiger partial charge in [-0.05, 0) is 38.8 Å². The van der Waals surface area contributed by atoms with Crippen molar-refractivity contribution in [2.45, 2.75) is 65.1 Å². The van der Waals surface area contributed by atoms with Crippen molar-refractivity contribution in [1.29, 1.82) is 0 Å². The van der Waals surface area contributed by atoms with E-state index in [2.05, 4.69) is 10.3 Å². The molecule has 3 heterocycles. The number of carbonyl (C=O) groups is 1. The van der Waals surface area contributed by atoms with Gasteiger partial charge in [0.25, 0.3) is 0 Å². The van der Waals surface area contributed by atoms with Crippen LogP contribution in [0.2, 0.25) is 0 Å². The number of pyridine rings is 1. The second kappa shape index (κ2) is 6.31. The number of aliphatic hydroxyl groups excluding tert-OH is 1. The first kappa shape index (κ1) is 17.1. The SMILES string of the molecule is CC1OCc2c(NC(=O)OC(C)(C)C)nc3c(c21)CC(CO)OC3. The van der Waals surface area contributed by atoms with E-state index in [9.17, 15) is 9.90 Å². The number of amides is 1. The van der Waals surface area contributed by atoms with Gasteiger partial charge in [0.15, 0.2) is 0 Å². The Kier molecular flexibility index (Phi) is 4.50. The lowest BCUT2D eigenvalue weighted by molar-refractivity contribution is -0.00958. The number of anilines is 1. The van der Waals surface area contributed by atoms with Crippen molar-refractivity contribution in [1.82, 2.24) is 4.98 Å². The average Bonchev–Trinajstić information content (AvgIpc) is 2.88. The van der Waals surface area contributed by atoms with Gasteiger partial charge >= 0.3 is 6.09 Å². The zero-order valence-electron chi connectivity index (χ0n) is 14.5. The lowest BCUT2D eigenvalue weighted by Crippen LogP contribution is -2.30. The number of nitrogens with one attached hydrogen (secondary N) is 1. The first-order chi connectivity index (χ1) is 11.3. The van der Waals surface area contributed by atoms with Gasteiger partial charge in [-0.2, -0.15) is 0 Å². The molecular weight excluding hydrogens is 312 g/mol. The van der Waals surface area contributed by atoms with Gasteiger partial charge < -0.3 is 19.3 Å². The molecule has 2 aliphatic rings. The molecule has 0 saturated carbocycles. The Morgan fingerprint density at radius 2 is 2.08 bits per heavy atom. The van der Waals surface area contributed by atoms with Crippen LogP contribution in [-0.4, -0.2) is 34.5 Å². The summed E-state index contributed by atoms with van der Waals surface area (Å²) in [7, 11) is 0. The van der Waals surface area contributed by atoms with Crippen LogP contribution >= 0.6 is 0 Å². The van der Waals surface area contributed by atoms with E-state index in [4.69, 9.17) is 14.2 Å². The summed E-state index contributed by atoms with van der Waals surface area (Å²) in [5, 5.41) is 12.1. The third-order valence-corrected chi connectivity index (χ3v) is 4.13. The second-order valence-corrected chi connectivity index (χ2v) is 7.18. The first-order valence-corrected chi connectivity index (χ1v) is 8.17. The van der Waals surface area contributed by atoms with Crippen molar-refractivity contribution in [2.24, 2.45) is 0 Å². The summed E-state index contributed by atoms with van der Waals surface area (Å²) in [6, 6.07) is 0. The van der Waals surface area contributed by atoms with E-state index in [0.717, 1.165) is 22.4 Å². The fraction of sp³-hybridized carbons (Fsp3) is 0.647. The minimum Gasteiger partial charge on any atom is -0.444 e. The molecule has 1 aromatic heterocycles. The quantitative estimate of drug-likeness (QED) is 0.862. The Bertz CT molecular complexity index is 653. The molecule has 3 rings (SSSR count). The summed E-state index contributed by atoms with van der Waals surface area (Å²) in [6.45, 7) is 8.09. The van der Waals surface area contributed by atoms with Gasteiger partial charge in [0.05, 0.1) is 37.7 Å². The molecule has 7 heteroatoms. The molecule has 0 bridgehead atoms. The molecule has 0 aromatic carbocycles. The third kappa shape index (κ3) is 3.38. The molecule has 0 aliphatic carbocycles. The molecule has 2 N–H and O–H groups in total. The summed E-state index contributed by atoms with van der Waals surface area (Å²) in [4.78, 5) is 16.7. The van der Waals surface area contributed by atoms with Gasteiger partial charge in [-0.1, -0.05) is 0 Å². The second-order valence-electron chi connectivity index (χ2n) is 7.18. The van der Waals surface area contributed by atoms with E-state index in [0.29, 0.717) is 25.5 Å². The van der Waals surface area contributed by atoms with Crippen molar-refractivity contribution in [2.75, 3.05) is 11.9 Å². The van der Waals surface area contributed by atoms with Crippen LogP contribution in [-0.2, 0) is 33.8 Å². The standard InChI is InChI=1S/C17H24N2O5/c1-9-14-11-5-10(6-20)23-8-13(11)18-15(12(14)7-22-9)19-16(21)24-17(2,3)4/h9-10,20H,5-8H2,1-4H3,(H,18,19,21). The fourth-order valence-electron chi connectivity index (χ4n) is 3.12. The maximum Gasteiger partial charge on any atom is 0.413 e. The van der Waals surface area contributed by atoms with Gasteiger partial charge in [-0.25, -0.2) is 9.78 Å². The predicted molar refractivity (Wildman–Crippen MR) is 86.7 cm³/mol. The van der Waals surface area contributed by atoms with Crippen LogP contribution in [0, 0.1) is 0 Å². The molecular formula is C17H24N2O5. The van der Waals surface area contributed by atoms with Crippen molar-refractivity contribution in [3.05, 3.63) is 22.4 Å². The third-order valence-electron chi connectivity index (χ3n) is 4.13. The Hall–Kier alpha value is -1.70. The Balaban J connectivity index is 1.94. The van der Waals surface area contributed by atoms with Crippen LogP contribution in [0.3, 0.4) is 0 Å². The topological polar surface area (TPSA) is 89.9 Å². The van der Waals surface area contributed by atoms with E-state index in [1.165, 1.54) is 0 Å². The molecule has 2 unspecified atom stereocenters. The van der Waals surface area contributed by atoms with Crippen LogP contribution in [0.1, 0.15) is 56.2 Å². The van der Waals surface area contributed by atoms with Gasteiger partial charge in [-0.3, -0.25) is 5.32 Å². The Morgan fingerprint density at radius 3 is 2.75 bits per heavy atom. The summed E-state index contributed by atoms with van der Waals surface area (Å²) in [5.74, 6) is 0.466. The fourth-order valence-corrected chi connectivity index (χ4v) is 3.12. The molecule has 132 valence electrons. The highest BCUT2D eigenvalue weighted by molar-refractivity contribution is 5.85. The van der Waals surface area contributed by atoms with Crippen molar-refractivity contribution >= 4 is 11.9 Å². The highest BCUT2D eigenvalue weighted by atomic mass is 16.6. The zero-order chi connectivity index (χ0) is 17.5. The maximum absolute atomic E-state index is 12.1. The van der Waals surface area contributed by atoms with E-state index in [1.807, 2.05) is 27.7 Å². The van der Waals surface area contributed by atoms with E-state index < -0.39 is 11.7 Å². The van der Waals surface area contributed by atoms with E-state index in [-0.39, 0.29) is 18.8 Å². The van der Waals surface area contributed by atoms with Gasteiger partial charge in [-0.15, -0.1) is 0 Å². The summed E-state index contributed by atoms with van der Waals surface area (Å²) in [6.07, 6.45) is -0.238. The van der Waals surface area contributed by atoms with Crippen LogP contribution in [0.15, 0.2) is 0 Å². The molecule has 7 nitrogen and oxygen atoms in total. The number of aliphatic hydroxyl groups is 1. The molecule has 0 saturated heterocycles. The number of carbonyl (C=O) groups excluding carboxylic acids is 1. The summed E-state index contributed by atoms with van der Waals surface area (Å²) < 4.78 is 16.6. The Labute approximate surface area is 141 Å². The van der Waals surface area contributed by atoms with Crippen LogP contribution in [0.25, 0.3) is 0 Å². The summed E-state index contributed by atoms with van der Waals surface area (Å²) in [5.41, 5.74) is 3.19. The van der Waals surface area contributed by atoms with Gasteiger partial charge in [0, 0.05) is 12.0 Å². The molecule has 1 aromatic rings. The van der Waals surface area contributed by atoms with Gasteiger partial charge in [0.1, 0.15) is 11.4 Å². The lowest BCUT2D eigenvalue weighted by atomic mass is 9.93. The van der Waals surface area contributed by atoms with Crippen molar-refractivity contribution < 1.29 is 24.1 Å². The summed E-state index contributed by atoms with van der Waals surface area (Å²) >= 11 is 0. The molecule has 1 amide bonds. The predicted octanol–water partition coefficient (Wildman–Crippen LogP) is 2.45. The molecule has 0 spiro atoms. The number of fused-ring (bicyclic) bond motifs is 3. The average molecular weight is 336 g/mol. The van der Waals surface area contributed by atoms with Crippen LogP contribution in [0.4, 0.5) is 10.6 Å². The molecule has 2 atom stereocenters.